The Morgan fingerprint density at radius 1 is 1.44 bits per heavy atom. The molecule has 0 spiro atoms. The number of carbonyl (C=O) groups excluding carboxylic acids is 1. The lowest BCUT2D eigenvalue weighted by Crippen LogP contribution is -2.41. The third-order valence-electron chi connectivity index (χ3n) is 2.31. The maximum atomic E-state index is 13.3. The van der Waals surface area contributed by atoms with Crippen LogP contribution in [-0.2, 0) is 4.79 Å². The Balaban J connectivity index is 2.88. The Bertz CT molecular complexity index is 432. The molecule has 3 N–H and O–H groups in total. The fourth-order valence-corrected chi connectivity index (χ4v) is 1.05. The molecule has 0 unspecified atom stereocenters. The molecule has 1 aromatic carbocycles. The van der Waals surface area contributed by atoms with Gasteiger partial charge in [-0.25, -0.2) is 4.39 Å². The van der Waals surface area contributed by atoms with Crippen LogP contribution >= 0.6 is 12.2 Å². The predicted octanol–water partition coefficient (Wildman–Crippen LogP) is 2.08. The van der Waals surface area contributed by atoms with Gasteiger partial charge in [0.1, 0.15) is 5.82 Å². The molecular weight excluding hydrogens is 227 g/mol. The first-order valence-corrected chi connectivity index (χ1v) is 5.12. The van der Waals surface area contributed by atoms with Gasteiger partial charge >= 0.3 is 0 Å². The predicted molar refractivity (Wildman–Crippen MR) is 65.6 cm³/mol. The zero-order valence-electron chi connectivity index (χ0n) is 9.08. The second kappa shape index (κ2) is 4.57. The molecule has 0 aliphatic heterocycles. The van der Waals surface area contributed by atoms with Crippen molar-refractivity contribution in [1.82, 2.24) is 0 Å². The number of nitrogens with two attached hydrogens (primary N) is 1. The summed E-state index contributed by atoms with van der Waals surface area (Å²) >= 11 is 4.78. The second-order valence-electron chi connectivity index (χ2n) is 3.92. The summed E-state index contributed by atoms with van der Waals surface area (Å²) in [5, 5.41) is 2.45. The molecular formula is C11H13FN2OS. The zero-order valence-corrected chi connectivity index (χ0v) is 9.90. The number of amides is 1. The van der Waals surface area contributed by atoms with Crippen molar-refractivity contribution in [3.8, 4) is 0 Å². The molecule has 0 aliphatic rings. The number of thiocarbonyl (C=S) groups is 1. The summed E-state index contributed by atoms with van der Waals surface area (Å²) in [6, 6.07) is 5.92. The van der Waals surface area contributed by atoms with E-state index in [0.29, 0.717) is 0 Å². The molecule has 1 rings (SSSR count). The Hall–Kier alpha value is -1.49. The number of anilines is 1. The average molecular weight is 240 g/mol. The monoisotopic (exact) mass is 240 g/mol. The van der Waals surface area contributed by atoms with Crippen LogP contribution in [0, 0.1) is 11.2 Å². The quantitative estimate of drug-likeness (QED) is 0.795. The number of benzene rings is 1. The first-order valence-electron chi connectivity index (χ1n) is 4.71. The summed E-state index contributed by atoms with van der Waals surface area (Å²) in [4.78, 5) is 11.9. The summed E-state index contributed by atoms with van der Waals surface area (Å²) in [5.41, 5.74) is 4.56. The first kappa shape index (κ1) is 12.6. The molecule has 0 saturated heterocycles. The van der Waals surface area contributed by atoms with Crippen LogP contribution in [0.25, 0.3) is 0 Å². The highest BCUT2D eigenvalue weighted by atomic mass is 32.1. The maximum Gasteiger partial charge on any atom is 0.236 e. The third-order valence-corrected chi connectivity index (χ3v) is 2.82. The minimum absolute atomic E-state index is 0.0707. The standard InChI is InChI=1S/C11H13FN2OS/c1-11(2,9(13)16)10(15)14-8-6-4-3-5-7(8)12/h3-6H,1-2H3,(H2,13,16)(H,14,15). The van der Waals surface area contributed by atoms with Gasteiger partial charge in [-0.1, -0.05) is 24.4 Å². The van der Waals surface area contributed by atoms with E-state index in [1.54, 1.807) is 26.0 Å². The number of rotatable bonds is 3. The van der Waals surface area contributed by atoms with E-state index in [9.17, 15) is 9.18 Å². The van der Waals surface area contributed by atoms with Crippen LogP contribution in [-0.4, -0.2) is 10.9 Å². The van der Waals surface area contributed by atoms with Crippen LogP contribution in [0.5, 0.6) is 0 Å². The molecule has 0 radical (unpaired) electrons. The number of hydrogen-bond donors (Lipinski definition) is 2. The van der Waals surface area contributed by atoms with E-state index in [1.165, 1.54) is 12.1 Å². The topological polar surface area (TPSA) is 55.1 Å². The van der Waals surface area contributed by atoms with Gasteiger partial charge in [0.25, 0.3) is 0 Å². The van der Waals surface area contributed by atoms with E-state index in [-0.39, 0.29) is 10.7 Å². The summed E-state index contributed by atoms with van der Waals surface area (Å²) < 4.78 is 13.3. The molecule has 0 heterocycles. The van der Waals surface area contributed by atoms with Crippen molar-refractivity contribution in [2.24, 2.45) is 11.1 Å². The van der Waals surface area contributed by atoms with E-state index in [1.807, 2.05) is 0 Å². The van der Waals surface area contributed by atoms with Gasteiger partial charge in [-0.2, -0.15) is 0 Å². The summed E-state index contributed by atoms with van der Waals surface area (Å²) in [7, 11) is 0. The van der Waals surface area contributed by atoms with Crippen LogP contribution < -0.4 is 11.1 Å². The second-order valence-corrected chi connectivity index (χ2v) is 4.36. The van der Waals surface area contributed by atoms with Gasteiger partial charge < -0.3 is 11.1 Å². The van der Waals surface area contributed by atoms with Gasteiger partial charge in [0.15, 0.2) is 0 Å². The molecule has 0 aromatic heterocycles. The highest BCUT2D eigenvalue weighted by Gasteiger charge is 2.31. The Morgan fingerprint density at radius 3 is 2.50 bits per heavy atom. The van der Waals surface area contributed by atoms with Crippen LogP contribution in [0.2, 0.25) is 0 Å². The molecule has 0 saturated carbocycles. The smallest absolute Gasteiger partial charge is 0.236 e. The number of para-hydroxylation sites is 1. The van der Waals surface area contributed by atoms with Gasteiger partial charge in [0.05, 0.1) is 16.1 Å². The van der Waals surface area contributed by atoms with Crippen molar-refractivity contribution < 1.29 is 9.18 Å². The van der Waals surface area contributed by atoms with Crippen LogP contribution in [0.3, 0.4) is 0 Å². The average Bonchev–Trinajstić information content (AvgIpc) is 2.21. The molecule has 0 bridgehead atoms. The van der Waals surface area contributed by atoms with Crippen molar-refractivity contribution in [3.63, 3.8) is 0 Å². The maximum absolute atomic E-state index is 13.3. The lowest BCUT2D eigenvalue weighted by molar-refractivity contribution is -0.121. The molecule has 86 valence electrons. The fraction of sp³-hybridized carbons (Fsp3) is 0.273. The Labute approximate surface area is 98.8 Å². The number of halogens is 1. The molecule has 5 heteroatoms. The molecule has 0 aliphatic carbocycles. The minimum Gasteiger partial charge on any atom is -0.392 e. The highest BCUT2D eigenvalue weighted by Crippen LogP contribution is 2.20. The van der Waals surface area contributed by atoms with Gasteiger partial charge in [0.2, 0.25) is 5.91 Å². The summed E-state index contributed by atoms with van der Waals surface area (Å²) in [6.45, 7) is 3.18. The number of hydrogen-bond acceptors (Lipinski definition) is 2. The lowest BCUT2D eigenvalue weighted by Gasteiger charge is -2.22. The van der Waals surface area contributed by atoms with E-state index in [2.05, 4.69) is 5.32 Å². The fourth-order valence-electron chi connectivity index (χ4n) is 0.953. The molecule has 0 atom stereocenters. The van der Waals surface area contributed by atoms with Crippen LogP contribution in [0.1, 0.15) is 13.8 Å². The number of nitrogens with one attached hydrogen (secondary N) is 1. The minimum atomic E-state index is -1.00. The van der Waals surface area contributed by atoms with E-state index < -0.39 is 17.1 Å². The normalized spacial score (nSPS) is 10.9. The Kier molecular flexibility index (Phi) is 3.59. The number of carbonyl (C=O) groups is 1. The summed E-state index contributed by atoms with van der Waals surface area (Å²) in [5.74, 6) is -0.917. The van der Waals surface area contributed by atoms with E-state index in [0.717, 1.165) is 0 Å². The lowest BCUT2D eigenvalue weighted by atomic mass is 9.92. The molecule has 16 heavy (non-hydrogen) atoms. The van der Waals surface area contributed by atoms with E-state index in [4.69, 9.17) is 18.0 Å². The van der Waals surface area contributed by atoms with Crippen molar-refractivity contribution in [3.05, 3.63) is 30.1 Å². The van der Waals surface area contributed by atoms with E-state index >= 15 is 0 Å². The molecule has 0 fully saturated rings. The van der Waals surface area contributed by atoms with Gasteiger partial charge in [-0.05, 0) is 26.0 Å². The van der Waals surface area contributed by atoms with Gasteiger partial charge in [-0.3, -0.25) is 4.79 Å². The largest absolute Gasteiger partial charge is 0.392 e. The van der Waals surface area contributed by atoms with Crippen molar-refractivity contribution >= 4 is 28.8 Å². The van der Waals surface area contributed by atoms with Gasteiger partial charge in [-0.15, -0.1) is 0 Å². The summed E-state index contributed by atoms with van der Waals surface area (Å²) in [6.07, 6.45) is 0. The Morgan fingerprint density at radius 2 is 2.00 bits per heavy atom. The zero-order chi connectivity index (χ0) is 12.3. The van der Waals surface area contributed by atoms with Crippen LogP contribution in [0.4, 0.5) is 10.1 Å². The molecule has 1 aromatic rings. The third kappa shape index (κ3) is 2.55. The van der Waals surface area contributed by atoms with Crippen LogP contribution in [0.15, 0.2) is 24.3 Å². The molecule has 3 nitrogen and oxygen atoms in total. The highest BCUT2D eigenvalue weighted by molar-refractivity contribution is 7.80. The van der Waals surface area contributed by atoms with Crippen molar-refractivity contribution in [2.75, 3.05) is 5.32 Å². The van der Waals surface area contributed by atoms with Crippen molar-refractivity contribution in [2.45, 2.75) is 13.8 Å². The SMILES string of the molecule is CC(C)(C(=O)Nc1ccccc1F)C(N)=S. The molecule has 1 amide bonds. The first-order chi connectivity index (χ1) is 7.35. The van der Waals surface area contributed by atoms with Crippen molar-refractivity contribution in [1.29, 1.82) is 0 Å². The van der Waals surface area contributed by atoms with Gasteiger partial charge in [0, 0.05) is 0 Å².